The molecule has 0 aliphatic carbocycles. The number of thioether (sulfide) groups is 1. The highest BCUT2D eigenvalue weighted by atomic mass is 32.2. The van der Waals surface area contributed by atoms with Gasteiger partial charge in [-0.1, -0.05) is 53.4 Å². The number of carboxylic acids is 1. The molecule has 12 heteroatoms. The minimum Gasteiger partial charge on any atom is -0.484 e. The number of rotatable bonds is 7. The van der Waals surface area contributed by atoms with Crippen molar-refractivity contribution in [2.24, 2.45) is 5.92 Å². The number of carbonyl (C=O) groups is 4. The van der Waals surface area contributed by atoms with Gasteiger partial charge in [-0.15, -0.1) is 0 Å². The normalized spacial score (nSPS) is 20.4. The number of nitrogens with zero attached hydrogens (tertiary/aromatic N) is 1. The van der Waals surface area contributed by atoms with Crippen LogP contribution in [0.25, 0.3) is 0 Å². The van der Waals surface area contributed by atoms with E-state index in [0.717, 1.165) is 33.6 Å². The Morgan fingerprint density at radius 3 is 2.65 bits per heavy atom. The highest BCUT2D eigenvalue weighted by Gasteiger charge is 2.56. The average Bonchev–Trinajstić information content (AvgIpc) is 3.34. The summed E-state index contributed by atoms with van der Waals surface area (Å²) in [4.78, 5) is 65.9. The fourth-order valence-corrected chi connectivity index (χ4v) is 7.11. The number of fused-ring (bicyclic) bond motifs is 2. The third-order valence-corrected chi connectivity index (χ3v) is 8.62. The highest BCUT2D eigenvalue weighted by Crippen LogP contribution is 2.52. The van der Waals surface area contributed by atoms with E-state index in [1.807, 2.05) is 25.1 Å². The number of aliphatic carboxylic acids is 1. The van der Waals surface area contributed by atoms with Gasteiger partial charge in [-0.3, -0.25) is 28.9 Å². The number of para-hydroxylation sites is 1. The molecule has 5 rings (SSSR count). The second-order valence-electron chi connectivity index (χ2n) is 8.63. The van der Waals surface area contributed by atoms with Crippen molar-refractivity contribution in [1.82, 2.24) is 9.88 Å². The number of ether oxygens (including phenoxy) is 1. The third-order valence-electron chi connectivity index (χ3n) is 6.21. The number of anilines is 1. The van der Waals surface area contributed by atoms with Crippen molar-refractivity contribution in [1.29, 1.82) is 0 Å². The maximum Gasteiger partial charge on any atom is 0.323 e. The number of carboxylic acid groups (broad SMARTS) is 1. The zero-order valence-electron chi connectivity index (χ0n) is 19.4. The Bertz CT molecular complexity index is 1480. The summed E-state index contributed by atoms with van der Waals surface area (Å²) in [6.07, 6.45) is 0. The molecule has 3 atom stereocenters. The first-order valence-corrected chi connectivity index (χ1v) is 13.0. The number of likely N-dealkylation sites (tertiary alicyclic amines) is 1. The lowest BCUT2D eigenvalue weighted by Gasteiger charge is -2.30. The summed E-state index contributed by atoms with van der Waals surface area (Å²) in [7, 11) is 0. The molecule has 3 N–H and O–H groups in total. The molecule has 0 saturated carbocycles. The number of hydrogen-bond acceptors (Lipinski definition) is 8. The van der Waals surface area contributed by atoms with E-state index >= 15 is 0 Å². The van der Waals surface area contributed by atoms with Crippen LogP contribution in [0.3, 0.4) is 0 Å². The van der Waals surface area contributed by atoms with Crippen LogP contribution < -0.4 is 14.9 Å². The number of aryl methyl sites for hydroxylation is 1. The van der Waals surface area contributed by atoms with Crippen LogP contribution in [0.5, 0.6) is 5.75 Å². The van der Waals surface area contributed by atoms with Crippen LogP contribution in [-0.4, -0.2) is 57.1 Å². The molecule has 190 valence electrons. The molecular formula is C25H21N3O7S2. The molecule has 3 aromatic rings. The van der Waals surface area contributed by atoms with E-state index in [0.29, 0.717) is 26.9 Å². The van der Waals surface area contributed by atoms with Crippen LogP contribution in [0.2, 0.25) is 0 Å². The first kappa shape index (κ1) is 24.8. The molecular weight excluding hydrogens is 518 g/mol. The molecule has 0 radical (unpaired) electrons. The number of carbonyl (C=O) groups excluding carboxylic acids is 3. The predicted molar refractivity (Wildman–Crippen MR) is 136 cm³/mol. The summed E-state index contributed by atoms with van der Waals surface area (Å²) in [5, 5.41) is 11.6. The molecule has 0 unspecified atom stereocenters. The average molecular weight is 540 g/mol. The number of imide groups is 1. The molecule has 1 aromatic heterocycles. The lowest BCUT2D eigenvalue weighted by Crippen LogP contribution is -2.36. The molecule has 2 aliphatic heterocycles. The van der Waals surface area contributed by atoms with Crippen LogP contribution in [-0.2, 0) is 19.2 Å². The van der Waals surface area contributed by atoms with E-state index in [2.05, 4.69) is 10.3 Å². The van der Waals surface area contributed by atoms with Gasteiger partial charge >= 0.3 is 10.8 Å². The van der Waals surface area contributed by atoms with E-state index in [1.165, 1.54) is 0 Å². The largest absolute Gasteiger partial charge is 0.484 e. The number of hydrogen-bond donors (Lipinski definition) is 3. The second kappa shape index (κ2) is 9.87. The number of amides is 3. The van der Waals surface area contributed by atoms with Crippen LogP contribution >= 0.6 is 23.1 Å². The van der Waals surface area contributed by atoms with Crippen molar-refractivity contribution in [3.63, 3.8) is 0 Å². The molecule has 37 heavy (non-hydrogen) atoms. The van der Waals surface area contributed by atoms with Crippen LogP contribution in [0, 0.1) is 12.8 Å². The van der Waals surface area contributed by atoms with Crippen molar-refractivity contribution in [3.8, 4) is 5.75 Å². The van der Waals surface area contributed by atoms with Crippen molar-refractivity contribution in [2.45, 2.75) is 23.1 Å². The van der Waals surface area contributed by atoms with Gasteiger partial charge in [0, 0.05) is 16.5 Å². The molecule has 2 aliphatic rings. The zero-order valence-corrected chi connectivity index (χ0v) is 21.1. The van der Waals surface area contributed by atoms with Gasteiger partial charge < -0.3 is 20.1 Å². The minimum absolute atomic E-state index is 0.253. The van der Waals surface area contributed by atoms with Gasteiger partial charge in [-0.25, -0.2) is 0 Å². The van der Waals surface area contributed by atoms with Gasteiger partial charge in [0.05, 0.1) is 10.9 Å². The van der Waals surface area contributed by atoms with E-state index in [1.54, 1.807) is 30.3 Å². The highest BCUT2D eigenvalue weighted by molar-refractivity contribution is 8.00. The van der Waals surface area contributed by atoms with Crippen LogP contribution in [0.4, 0.5) is 5.69 Å². The number of nitrogens with one attached hydrogen (secondary N) is 2. The topological polar surface area (TPSA) is 146 Å². The van der Waals surface area contributed by atoms with E-state index in [4.69, 9.17) is 4.74 Å². The summed E-state index contributed by atoms with van der Waals surface area (Å²) >= 11 is 2.03. The lowest BCUT2D eigenvalue weighted by molar-refractivity contribution is -0.149. The summed E-state index contributed by atoms with van der Waals surface area (Å²) in [6, 6.07) is 14.2. The Morgan fingerprint density at radius 1 is 1.11 bits per heavy atom. The second-order valence-corrected chi connectivity index (χ2v) is 10.8. The maximum absolute atomic E-state index is 13.2. The van der Waals surface area contributed by atoms with Crippen LogP contribution in [0.15, 0.2) is 58.4 Å². The monoisotopic (exact) mass is 539 g/mol. The lowest BCUT2D eigenvalue weighted by atomic mass is 9.83. The third kappa shape index (κ3) is 4.77. The van der Waals surface area contributed by atoms with Gasteiger partial charge in [-0.05, 0) is 36.2 Å². The molecule has 1 fully saturated rings. The predicted octanol–water partition coefficient (Wildman–Crippen LogP) is 2.44. The Balaban J connectivity index is 1.41. The van der Waals surface area contributed by atoms with Gasteiger partial charge in [0.1, 0.15) is 17.5 Å². The van der Waals surface area contributed by atoms with Crippen LogP contribution in [0.1, 0.15) is 21.9 Å². The number of aromatic nitrogens is 1. The van der Waals surface area contributed by atoms with Gasteiger partial charge in [0.15, 0.2) is 6.61 Å². The molecule has 2 aromatic carbocycles. The van der Waals surface area contributed by atoms with Gasteiger partial charge in [0.25, 0.3) is 5.91 Å². The Labute approximate surface area is 218 Å². The standard InChI is InChI=1S/C25H21N3O7S2/c1-12-5-2-3-8-15(12)26-16(29)11-35-14-7-4-6-13(9-14)18-19-21(36-22-20(18)37-25(34)27-22)24(33)28(23(19)32)10-17(30)31/h2-9,18-19,21H,10-11H2,1H3,(H,26,29)(H,27,34)(H,30,31)/t18-,19+,21-/m0/s1. The maximum atomic E-state index is 13.2. The molecule has 0 bridgehead atoms. The van der Waals surface area contributed by atoms with Crippen molar-refractivity contribution in [3.05, 3.63) is 74.2 Å². The summed E-state index contributed by atoms with van der Waals surface area (Å²) < 4.78 is 5.71. The molecule has 10 nitrogen and oxygen atoms in total. The molecule has 0 spiro atoms. The summed E-state index contributed by atoms with van der Waals surface area (Å²) in [5.74, 6) is -3.99. The first-order chi connectivity index (χ1) is 17.7. The first-order valence-electron chi connectivity index (χ1n) is 11.3. The van der Waals surface area contributed by atoms with Gasteiger partial charge in [-0.2, -0.15) is 0 Å². The van der Waals surface area contributed by atoms with E-state index in [-0.39, 0.29) is 17.4 Å². The molecule has 3 heterocycles. The number of benzene rings is 2. The SMILES string of the molecule is Cc1ccccc1NC(=O)COc1cccc([C@@H]2c3sc(=O)[nH]c3S[C@@H]3C(=O)N(CC(=O)O)C(=O)[C@H]23)c1. The summed E-state index contributed by atoms with van der Waals surface area (Å²) in [6.45, 7) is 0.907. The molecule has 3 amide bonds. The Morgan fingerprint density at radius 2 is 1.89 bits per heavy atom. The fourth-order valence-electron chi connectivity index (χ4n) is 4.57. The minimum atomic E-state index is -1.29. The Hall–Kier alpha value is -3.90. The van der Waals surface area contributed by atoms with Crippen molar-refractivity contribution < 1.29 is 29.0 Å². The number of aromatic amines is 1. The van der Waals surface area contributed by atoms with Gasteiger partial charge in [0.2, 0.25) is 11.8 Å². The molecule has 1 saturated heterocycles. The van der Waals surface area contributed by atoms with Crippen molar-refractivity contribution >= 4 is 52.5 Å². The fraction of sp³-hybridized carbons (Fsp3) is 0.240. The number of H-pyrrole nitrogens is 1. The Kier molecular flexibility index (Phi) is 6.61. The van der Waals surface area contributed by atoms with Crippen molar-refractivity contribution in [2.75, 3.05) is 18.5 Å². The van der Waals surface area contributed by atoms with E-state index in [9.17, 15) is 29.1 Å². The quantitative estimate of drug-likeness (QED) is 0.388. The zero-order chi connectivity index (χ0) is 26.3. The van der Waals surface area contributed by atoms with E-state index < -0.39 is 41.4 Å². The summed E-state index contributed by atoms with van der Waals surface area (Å²) in [5.41, 5.74) is 2.21. The number of thiazole rings is 1. The smallest absolute Gasteiger partial charge is 0.323 e.